The zero-order valence-corrected chi connectivity index (χ0v) is 15.6. The van der Waals surface area contributed by atoms with Gasteiger partial charge in [-0.2, -0.15) is 0 Å². The molecule has 1 fully saturated rings. The minimum Gasteiger partial charge on any atom is -0.440 e. The molecule has 2 aromatic carbocycles. The van der Waals surface area contributed by atoms with Gasteiger partial charge in [-0.3, -0.25) is 4.79 Å². The fourth-order valence-electron chi connectivity index (χ4n) is 3.08. The summed E-state index contributed by atoms with van der Waals surface area (Å²) in [6.45, 7) is 2.05. The summed E-state index contributed by atoms with van der Waals surface area (Å²) in [5.41, 5.74) is 3.32. The van der Waals surface area contributed by atoms with Crippen molar-refractivity contribution < 1.29 is 13.9 Å². The monoisotopic (exact) mass is 387 g/mol. The van der Waals surface area contributed by atoms with Crippen molar-refractivity contribution in [3.05, 3.63) is 60.0 Å². The van der Waals surface area contributed by atoms with Gasteiger partial charge in [-0.25, -0.2) is 4.98 Å². The number of benzene rings is 2. The Hall–Kier alpha value is -2.41. The predicted molar refractivity (Wildman–Crippen MR) is 106 cm³/mol. The molecule has 1 unspecified atom stereocenters. The number of carbonyl (C=O) groups excluding carboxylic acids is 1. The van der Waals surface area contributed by atoms with Crippen LogP contribution in [0.3, 0.4) is 0 Å². The standard InChI is InChI=1S/C20H21N3O3.ClH/c24-19(12-16-13-25-9-8-21-16)22-15-6-7-17-18(11-15)26-20(23-17)10-14-4-2-1-3-5-14;/h1-7,11,16,21H,8-10,12-13H2,(H,22,24);1H. The third-order valence-corrected chi connectivity index (χ3v) is 4.34. The van der Waals surface area contributed by atoms with Crippen LogP contribution >= 0.6 is 12.4 Å². The molecule has 2 N–H and O–H groups in total. The van der Waals surface area contributed by atoms with Gasteiger partial charge in [0, 0.05) is 37.2 Å². The van der Waals surface area contributed by atoms with Crippen molar-refractivity contribution in [3.8, 4) is 0 Å². The second kappa shape index (κ2) is 8.99. The van der Waals surface area contributed by atoms with Gasteiger partial charge in [-0.15, -0.1) is 12.4 Å². The molecule has 1 aliphatic rings. The first-order valence-electron chi connectivity index (χ1n) is 8.81. The normalized spacial score (nSPS) is 16.7. The van der Waals surface area contributed by atoms with E-state index in [1.165, 1.54) is 0 Å². The van der Waals surface area contributed by atoms with E-state index in [4.69, 9.17) is 9.15 Å². The minimum absolute atomic E-state index is 0. The average Bonchev–Trinajstić information content (AvgIpc) is 3.05. The van der Waals surface area contributed by atoms with Crippen molar-refractivity contribution in [2.45, 2.75) is 18.9 Å². The van der Waals surface area contributed by atoms with Crippen LogP contribution < -0.4 is 10.6 Å². The van der Waals surface area contributed by atoms with Crippen LogP contribution in [0.25, 0.3) is 11.1 Å². The number of carbonyl (C=O) groups is 1. The molecule has 27 heavy (non-hydrogen) atoms. The summed E-state index contributed by atoms with van der Waals surface area (Å²) in [4.78, 5) is 16.7. The maximum Gasteiger partial charge on any atom is 0.226 e. The molecular weight excluding hydrogens is 366 g/mol. The van der Waals surface area contributed by atoms with E-state index in [9.17, 15) is 4.79 Å². The first kappa shape index (κ1) is 19.4. The molecule has 142 valence electrons. The Morgan fingerprint density at radius 1 is 1.22 bits per heavy atom. The van der Waals surface area contributed by atoms with Crippen molar-refractivity contribution in [1.82, 2.24) is 10.3 Å². The predicted octanol–water partition coefficient (Wildman–Crippen LogP) is 3.16. The molecular formula is C20H22ClN3O3. The molecule has 6 nitrogen and oxygen atoms in total. The lowest BCUT2D eigenvalue weighted by Gasteiger charge is -2.23. The number of hydrogen-bond acceptors (Lipinski definition) is 5. The van der Waals surface area contributed by atoms with Crippen LogP contribution in [0.1, 0.15) is 17.9 Å². The number of fused-ring (bicyclic) bond motifs is 1. The lowest BCUT2D eigenvalue weighted by atomic mass is 10.1. The van der Waals surface area contributed by atoms with E-state index in [0.29, 0.717) is 43.2 Å². The van der Waals surface area contributed by atoms with E-state index < -0.39 is 0 Å². The van der Waals surface area contributed by atoms with Crippen molar-refractivity contribution in [2.24, 2.45) is 0 Å². The number of halogens is 1. The molecule has 0 aliphatic carbocycles. The fraction of sp³-hybridized carbons (Fsp3) is 0.300. The lowest BCUT2D eigenvalue weighted by molar-refractivity contribution is -0.117. The summed E-state index contributed by atoms with van der Waals surface area (Å²) < 4.78 is 11.2. The average molecular weight is 388 g/mol. The molecule has 2 heterocycles. The molecule has 1 saturated heterocycles. The van der Waals surface area contributed by atoms with Gasteiger partial charge < -0.3 is 19.8 Å². The minimum atomic E-state index is -0.0450. The number of nitrogens with one attached hydrogen (secondary N) is 2. The van der Waals surface area contributed by atoms with E-state index in [2.05, 4.69) is 15.6 Å². The molecule has 1 atom stereocenters. The molecule has 1 amide bonds. The Kier molecular flexibility index (Phi) is 6.45. The lowest BCUT2D eigenvalue weighted by Crippen LogP contribution is -2.43. The number of nitrogens with zero attached hydrogens (tertiary/aromatic N) is 1. The fourth-order valence-corrected chi connectivity index (χ4v) is 3.08. The van der Waals surface area contributed by atoms with Gasteiger partial charge in [0.25, 0.3) is 0 Å². The van der Waals surface area contributed by atoms with E-state index in [0.717, 1.165) is 17.6 Å². The quantitative estimate of drug-likeness (QED) is 0.703. The van der Waals surface area contributed by atoms with Gasteiger partial charge in [0.2, 0.25) is 5.91 Å². The van der Waals surface area contributed by atoms with E-state index >= 15 is 0 Å². The molecule has 1 aliphatic heterocycles. The topological polar surface area (TPSA) is 76.4 Å². The second-order valence-corrected chi connectivity index (χ2v) is 6.43. The van der Waals surface area contributed by atoms with Crippen molar-refractivity contribution in [1.29, 1.82) is 0 Å². The molecule has 0 bridgehead atoms. The maximum absolute atomic E-state index is 12.2. The highest BCUT2D eigenvalue weighted by atomic mass is 35.5. The summed E-state index contributed by atoms with van der Waals surface area (Å²) in [6, 6.07) is 15.7. The summed E-state index contributed by atoms with van der Waals surface area (Å²) in [7, 11) is 0. The number of anilines is 1. The Morgan fingerprint density at radius 3 is 2.85 bits per heavy atom. The van der Waals surface area contributed by atoms with Gasteiger partial charge in [0.15, 0.2) is 11.5 Å². The van der Waals surface area contributed by atoms with Gasteiger partial charge in [-0.1, -0.05) is 30.3 Å². The molecule has 7 heteroatoms. The summed E-state index contributed by atoms with van der Waals surface area (Å²) in [6.07, 6.45) is 1.03. The SMILES string of the molecule is Cl.O=C(CC1COCCN1)Nc1ccc2nc(Cc3ccccc3)oc2c1. The zero-order chi connectivity index (χ0) is 17.8. The zero-order valence-electron chi connectivity index (χ0n) is 14.8. The highest BCUT2D eigenvalue weighted by Gasteiger charge is 2.17. The third kappa shape index (κ3) is 5.07. The summed E-state index contributed by atoms with van der Waals surface area (Å²) in [5.74, 6) is 0.620. The molecule has 0 saturated carbocycles. The van der Waals surface area contributed by atoms with Crippen LogP contribution in [-0.4, -0.2) is 36.7 Å². The van der Waals surface area contributed by atoms with Crippen LogP contribution in [0.4, 0.5) is 5.69 Å². The Balaban J connectivity index is 0.00000210. The number of hydrogen-bond donors (Lipinski definition) is 2. The first-order chi connectivity index (χ1) is 12.8. The van der Waals surface area contributed by atoms with Gasteiger partial charge in [0.05, 0.1) is 13.2 Å². The Bertz CT molecular complexity index is 892. The van der Waals surface area contributed by atoms with Crippen molar-refractivity contribution in [2.75, 3.05) is 25.1 Å². The number of amides is 1. The van der Waals surface area contributed by atoms with Crippen molar-refractivity contribution in [3.63, 3.8) is 0 Å². The molecule has 0 spiro atoms. The summed E-state index contributed by atoms with van der Waals surface area (Å²) in [5, 5.41) is 6.20. The number of aromatic nitrogens is 1. The largest absolute Gasteiger partial charge is 0.440 e. The number of morpholine rings is 1. The number of oxazole rings is 1. The van der Waals surface area contributed by atoms with Crippen LogP contribution in [0.2, 0.25) is 0 Å². The van der Waals surface area contributed by atoms with Gasteiger partial charge in [0.1, 0.15) is 5.52 Å². The summed E-state index contributed by atoms with van der Waals surface area (Å²) >= 11 is 0. The van der Waals surface area contributed by atoms with Crippen LogP contribution in [0.15, 0.2) is 52.9 Å². The third-order valence-electron chi connectivity index (χ3n) is 4.34. The van der Waals surface area contributed by atoms with Crippen molar-refractivity contribution >= 4 is 35.1 Å². The van der Waals surface area contributed by atoms with Crippen LogP contribution in [0, 0.1) is 0 Å². The van der Waals surface area contributed by atoms with Crippen LogP contribution in [-0.2, 0) is 16.0 Å². The van der Waals surface area contributed by atoms with Gasteiger partial charge in [-0.05, 0) is 17.7 Å². The Morgan fingerprint density at radius 2 is 2.07 bits per heavy atom. The molecule has 3 aromatic rings. The van der Waals surface area contributed by atoms with Crippen LogP contribution in [0.5, 0.6) is 0 Å². The number of ether oxygens (including phenoxy) is 1. The van der Waals surface area contributed by atoms with E-state index in [1.807, 2.05) is 48.5 Å². The van der Waals surface area contributed by atoms with E-state index in [-0.39, 0.29) is 24.4 Å². The molecule has 0 radical (unpaired) electrons. The smallest absolute Gasteiger partial charge is 0.226 e. The van der Waals surface area contributed by atoms with E-state index in [1.54, 1.807) is 0 Å². The maximum atomic E-state index is 12.2. The molecule has 4 rings (SSSR count). The number of rotatable bonds is 5. The molecule has 1 aromatic heterocycles. The highest BCUT2D eigenvalue weighted by molar-refractivity contribution is 5.93. The second-order valence-electron chi connectivity index (χ2n) is 6.43. The highest BCUT2D eigenvalue weighted by Crippen LogP contribution is 2.22. The first-order valence-corrected chi connectivity index (χ1v) is 8.81. The Labute approximate surface area is 163 Å². The van der Waals surface area contributed by atoms with Gasteiger partial charge >= 0.3 is 0 Å².